The van der Waals surface area contributed by atoms with Gasteiger partial charge < -0.3 is 4.74 Å². The van der Waals surface area contributed by atoms with E-state index in [0.717, 1.165) is 12.8 Å². The zero-order chi connectivity index (χ0) is 11.5. The van der Waals surface area contributed by atoms with Crippen LogP contribution >= 0.6 is 0 Å². The molecule has 0 heterocycles. The molecule has 3 nitrogen and oxygen atoms in total. The number of Topliss-reactive ketones (excluding diaryl/α,β-unsaturated/α-hetero) is 2. The molecule has 0 N–H and O–H groups in total. The Morgan fingerprint density at radius 1 is 1.38 bits per heavy atom. The first-order valence-electron chi connectivity index (χ1n) is 5.43. The minimum absolute atomic E-state index is 0.000954. The summed E-state index contributed by atoms with van der Waals surface area (Å²) in [7, 11) is 0. The van der Waals surface area contributed by atoms with E-state index in [-0.39, 0.29) is 24.1 Å². The molecule has 1 aliphatic carbocycles. The van der Waals surface area contributed by atoms with Crippen LogP contribution in [-0.4, -0.2) is 18.2 Å². The first-order chi connectivity index (χ1) is 7.66. The third-order valence-electron chi connectivity index (χ3n) is 2.65. The third kappa shape index (κ3) is 2.69. The summed E-state index contributed by atoms with van der Waals surface area (Å²) in [6.45, 7) is 1.63. The monoisotopic (exact) mass is 218 g/mol. The average molecular weight is 218 g/mol. The maximum absolute atomic E-state index is 11.4. The summed E-state index contributed by atoms with van der Waals surface area (Å²) in [4.78, 5) is 22.5. The van der Waals surface area contributed by atoms with Crippen LogP contribution in [0.4, 0.5) is 0 Å². The smallest absolute Gasteiger partial charge is 0.173 e. The second-order valence-corrected chi connectivity index (χ2v) is 4.11. The molecule has 1 aliphatic rings. The molecule has 0 atom stereocenters. The lowest BCUT2D eigenvalue weighted by Crippen LogP contribution is -2.12. The van der Waals surface area contributed by atoms with Crippen molar-refractivity contribution in [2.45, 2.75) is 19.8 Å². The Kier molecular flexibility index (Phi) is 3.04. The topological polar surface area (TPSA) is 43.4 Å². The number of carbonyl (C=O) groups excluding carboxylic acids is 2. The first-order valence-corrected chi connectivity index (χ1v) is 5.43. The molecular formula is C13H14O3. The number of carbonyl (C=O) groups is 2. The molecule has 1 fully saturated rings. The summed E-state index contributed by atoms with van der Waals surface area (Å²) in [5, 5.41) is 0. The van der Waals surface area contributed by atoms with Gasteiger partial charge >= 0.3 is 0 Å². The van der Waals surface area contributed by atoms with Crippen LogP contribution in [0, 0.1) is 5.92 Å². The molecule has 0 amide bonds. The number of hydrogen-bond acceptors (Lipinski definition) is 3. The number of benzene rings is 1. The van der Waals surface area contributed by atoms with E-state index in [4.69, 9.17) is 4.74 Å². The van der Waals surface area contributed by atoms with Crippen LogP contribution in [-0.2, 0) is 4.79 Å². The molecule has 0 aliphatic heterocycles. The Morgan fingerprint density at radius 2 is 2.12 bits per heavy atom. The summed E-state index contributed by atoms with van der Waals surface area (Å²) in [6.07, 6.45) is 1.99. The van der Waals surface area contributed by atoms with E-state index >= 15 is 0 Å². The van der Waals surface area contributed by atoms with E-state index in [1.807, 2.05) is 0 Å². The average Bonchev–Trinajstić information content (AvgIpc) is 3.10. The summed E-state index contributed by atoms with van der Waals surface area (Å²) >= 11 is 0. The maximum Gasteiger partial charge on any atom is 0.173 e. The van der Waals surface area contributed by atoms with Crippen molar-refractivity contribution in [2.75, 3.05) is 6.61 Å². The Bertz CT molecular complexity index is 419. The molecule has 16 heavy (non-hydrogen) atoms. The molecule has 0 aromatic heterocycles. The van der Waals surface area contributed by atoms with E-state index in [9.17, 15) is 9.59 Å². The molecule has 3 heteroatoms. The normalized spacial score (nSPS) is 14.6. The molecule has 1 saturated carbocycles. The Labute approximate surface area is 94.4 Å². The van der Waals surface area contributed by atoms with Crippen molar-refractivity contribution in [1.29, 1.82) is 0 Å². The van der Waals surface area contributed by atoms with Crippen LogP contribution in [0.3, 0.4) is 0 Å². The Balaban J connectivity index is 1.95. The van der Waals surface area contributed by atoms with E-state index < -0.39 is 0 Å². The van der Waals surface area contributed by atoms with Gasteiger partial charge in [0.25, 0.3) is 0 Å². The molecule has 1 aromatic rings. The Morgan fingerprint density at radius 3 is 2.75 bits per heavy atom. The summed E-state index contributed by atoms with van der Waals surface area (Å²) in [5.74, 6) is 0.963. The van der Waals surface area contributed by atoms with Gasteiger partial charge in [-0.25, -0.2) is 0 Å². The largest absolute Gasteiger partial charge is 0.486 e. The minimum atomic E-state index is -0.000954. The molecule has 1 aromatic carbocycles. The van der Waals surface area contributed by atoms with E-state index in [1.54, 1.807) is 24.3 Å². The zero-order valence-corrected chi connectivity index (χ0v) is 9.23. The predicted octanol–water partition coefficient (Wildman–Crippen LogP) is 2.25. The second-order valence-electron chi connectivity index (χ2n) is 4.11. The molecular weight excluding hydrogens is 204 g/mol. The van der Waals surface area contributed by atoms with Gasteiger partial charge in [0, 0.05) is 11.5 Å². The lowest BCUT2D eigenvalue weighted by atomic mass is 10.1. The van der Waals surface area contributed by atoms with Crippen LogP contribution in [0.1, 0.15) is 30.1 Å². The molecule has 2 rings (SSSR count). The SMILES string of the molecule is CC(=O)c1cccc(OCC(=O)C2CC2)c1. The molecule has 0 saturated heterocycles. The van der Waals surface area contributed by atoms with Gasteiger partial charge in [0.15, 0.2) is 11.6 Å². The van der Waals surface area contributed by atoms with Crippen molar-refractivity contribution >= 4 is 11.6 Å². The van der Waals surface area contributed by atoms with Gasteiger partial charge in [0.1, 0.15) is 12.4 Å². The van der Waals surface area contributed by atoms with E-state index in [2.05, 4.69) is 0 Å². The standard InChI is InChI=1S/C13H14O3/c1-9(14)11-3-2-4-12(7-11)16-8-13(15)10-5-6-10/h2-4,7,10H,5-6,8H2,1H3. The van der Waals surface area contributed by atoms with Gasteiger partial charge in [-0.05, 0) is 31.9 Å². The summed E-state index contributed by atoms with van der Waals surface area (Å²) < 4.78 is 5.36. The molecule has 0 radical (unpaired) electrons. The molecule has 0 spiro atoms. The maximum atomic E-state index is 11.4. The minimum Gasteiger partial charge on any atom is -0.486 e. The lowest BCUT2D eigenvalue weighted by molar-refractivity contribution is -0.122. The van der Waals surface area contributed by atoms with Crippen molar-refractivity contribution in [3.05, 3.63) is 29.8 Å². The van der Waals surface area contributed by atoms with Crippen molar-refractivity contribution < 1.29 is 14.3 Å². The lowest BCUT2D eigenvalue weighted by Gasteiger charge is -2.05. The Hall–Kier alpha value is -1.64. The molecule has 0 unspecified atom stereocenters. The highest BCUT2D eigenvalue weighted by Crippen LogP contribution is 2.29. The highest BCUT2D eigenvalue weighted by atomic mass is 16.5. The van der Waals surface area contributed by atoms with Crippen molar-refractivity contribution in [2.24, 2.45) is 5.92 Å². The summed E-state index contributed by atoms with van der Waals surface area (Å²) in [6, 6.07) is 6.92. The van der Waals surface area contributed by atoms with Gasteiger partial charge in [0.05, 0.1) is 0 Å². The number of rotatable bonds is 5. The van der Waals surface area contributed by atoms with Gasteiger partial charge in [0.2, 0.25) is 0 Å². The van der Waals surface area contributed by atoms with Gasteiger partial charge in [-0.2, -0.15) is 0 Å². The van der Waals surface area contributed by atoms with Gasteiger partial charge in [-0.15, -0.1) is 0 Å². The van der Waals surface area contributed by atoms with Crippen molar-refractivity contribution in [3.63, 3.8) is 0 Å². The van der Waals surface area contributed by atoms with Crippen molar-refractivity contribution in [3.8, 4) is 5.75 Å². The predicted molar refractivity (Wildman–Crippen MR) is 59.7 cm³/mol. The van der Waals surface area contributed by atoms with Crippen LogP contribution in [0.25, 0.3) is 0 Å². The molecule has 0 bridgehead atoms. The van der Waals surface area contributed by atoms with Crippen molar-refractivity contribution in [1.82, 2.24) is 0 Å². The molecule has 84 valence electrons. The van der Waals surface area contributed by atoms with E-state index in [1.165, 1.54) is 6.92 Å². The fourth-order valence-electron chi connectivity index (χ4n) is 1.48. The van der Waals surface area contributed by atoms with Gasteiger partial charge in [-0.1, -0.05) is 12.1 Å². The van der Waals surface area contributed by atoms with Crippen LogP contribution in [0.2, 0.25) is 0 Å². The third-order valence-corrected chi connectivity index (χ3v) is 2.65. The quantitative estimate of drug-likeness (QED) is 0.712. The van der Waals surface area contributed by atoms with Crippen LogP contribution in [0.15, 0.2) is 24.3 Å². The van der Waals surface area contributed by atoms with E-state index in [0.29, 0.717) is 11.3 Å². The number of ether oxygens (including phenoxy) is 1. The van der Waals surface area contributed by atoms with Crippen LogP contribution < -0.4 is 4.74 Å². The fraction of sp³-hybridized carbons (Fsp3) is 0.385. The summed E-state index contributed by atoms with van der Waals surface area (Å²) in [5.41, 5.74) is 0.608. The fourth-order valence-corrected chi connectivity index (χ4v) is 1.48. The number of ketones is 2. The van der Waals surface area contributed by atoms with Crippen LogP contribution in [0.5, 0.6) is 5.75 Å². The van der Waals surface area contributed by atoms with Gasteiger partial charge in [-0.3, -0.25) is 9.59 Å². The first kappa shape index (κ1) is 10.9. The highest BCUT2D eigenvalue weighted by molar-refractivity contribution is 5.94. The highest BCUT2D eigenvalue weighted by Gasteiger charge is 2.29. The number of hydrogen-bond donors (Lipinski definition) is 0. The second kappa shape index (κ2) is 4.47. The zero-order valence-electron chi connectivity index (χ0n) is 9.23.